The summed E-state index contributed by atoms with van der Waals surface area (Å²) in [5.74, 6) is 0.368. The fourth-order valence-electron chi connectivity index (χ4n) is 0.563. The Morgan fingerprint density at radius 2 is 1.55 bits per heavy atom. The predicted molar refractivity (Wildman–Crippen MR) is 44.2 cm³/mol. The predicted octanol–water partition coefficient (Wildman–Crippen LogP) is 2.73. The largest absolute Gasteiger partial charge is 0.508 e. The number of aromatic hydroxyl groups is 1. The molecule has 0 fully saturated rings. The second-order valence-corrected chi connectivity index (χ2v) is 1.79. The molecule has 0 saturated heterocycles. The van der Waals surface area contributed by atoms with Crippen LogP contribution >= 0.6 is 0 Å². The van der Waals surface area contributed by atoms with Gasteiger partial charge in [-0.1, -0.05) is 32.0 Å². The van der Waals surface area contributed by atoms with Crippen molar-refractivity contribution in [2.75, 3.05) is 0 Å². The zero-order chi connectivity index (χ0) is 7.98. The third-order valence-corrected chi connectivity index (χ3v) is 1.12. The van der Waals surface area contributed by atoms with Gasteiger partial charge in [0.05, 0.1) is 0 Å². The minimum atomic E-state index is 0. The first kappa shape index (κ1) is 13.6. The van der Waals surface area contributed by atoms with Crippen LogP contribution < -0.4 is 0 Å². The molecule has 0 bridgehead atoms. The van der Waals surface area contributed by atoms with Gasteiger partial charge in [0.2, 0.25) is 0 Å². The van der Waals surface area contributed by atoms with Gasteiger partial charge in [-0.05, 0) is 18.6 Å². The maximum atomic E-state index is 8.92. The minimum Gasteiger partial charge on any atom is -0.508 e. The van der Waals surface area contributed by atoms with Gasteiger partial charge in [-0.3, -0.25) is 0 Å². The first-order valence-electron chi connectivity index (χ1n) is 3.55. The number of benzene rings is 1. The summed E-state index contributed by atoms with van der Waals surface area (Å²) < 4.78 is 0. The van der Waals surface area contributed by atoms with Gasteiger partial charge in [0, 0.05) is 31.1 Å². The van der Waals surface area contributed by atoms with Crippen molar-refractivity contribution < 1.29 is 36.2 Å². The molecule has 0 aromatic heterocycles. The van der Waals surface area contributed by atoms with Crippen LogP contribution in [0.1, 0.15) is 19.4 Å². The third kappa shape index (κ3) is 5.35. The maximum Gasteiger partial charge on any atom is 0.118 e. The van der Waals surface area contributed by atoms with E-state index in [1.807, 2.05) is 39.0 Å². The second-order valence-electron chi connectivity index (χ2n) is 1.79. The van der Waals surface area contributed by atoms with Crippen LogP contribution in [-0.4, -0.2) is 5.11 Å². The van der Waals surface area contributed by atoms with Crippen LogP contribution in [0.25, 0.3) is 0 Å². The van der Waals surface area contributed by atoms with Crippen molar-refractivity contribution >= 4 is 0 Å². The molecule has 0 aliphatic carbocycles. The zero-order valence-corrected chi connectivity index (χ0v) is 11.4. The van der Waals surface area contributed by atoms with Crippen molar-refractivity contribution in [1.29, 1.82) is 0 Å². The van der Waals surface area contributed by atoms with Gasteiger partial charge in [0.1, 0.15) is 5.75 Å². The molecule has 11 heavy (non-hydrogen) atoms. The number of phenols is 1. The Labute approximate surface area is 92.2 Å². The SMILES string of the molecule is CC.Cc1ccccc1O.[U]. The van der Waals surface area contributed by atoms with E-state index in [0.29, 0.717) is 5.75 Å². The summed E-state index contributed by atoms with van der Waals surface area (Å²) in [4.78, 5) is 0. The Morgan fingerprint density at radius 3 is 1.82 bits per heavy atom. The van der Waals surface area contributed by atoms with Crippen LogP contribution in [0.3, 0.4) is 0 Å². The number of para-hydroxylation sites is 1. The van der Waals surface area contributed by atoms with E-state index < -0.39 is 0 Å². The maximum absolute atomic E-state index is 8.92. The molecular weight excluding hydrogens is 362 g/mol. The molecule has 0 amide bonds. The first-order valence-corrected chi connectivity index (χ1v) is 3.55. The molecule has 0 aliphatic rings. The van der Waals surface area contributed by atoms with Gasteiger partial charge >= 0.3 is 0 Å². The van der Waals surface area contributed by atoms with Crippen molar-refractivity contribution in [2.45, 2.75) is 20.8 Å². The Bertz CT molecular complexity index is 166. The van der Waals surface area contributed by atoms with Crippen LogP contribution in [0.2, 0.25) is 0 Å². The molecule has 1 aromatic carbocycles. The van der Waals surface area contributed by atoms with Gasteiger partial charge < -0.3 is 5.11 Å². The van der Waals surface area contributed by atoms with E-state index in [-0.39, 0.29) is 31.1 Å². The van der Waals surface area contributed by atoms with Crippen LogP contribution in [0.5, 0.6) is 5.75 Å². The summed E-state index contributed by atoms with van der Waals surface area (Å²) in [7, 11) is 0. The summed E-state index contributed by atoms with van der Waals surface area (Å²) in [6, 6.07) is 7.25. The Hall–Kier alpha value is 0.0719. The van der Waals surface area contributed by atoms with Crippen LogP contribution in [0, 0.1) is 38.0 Å². The fourth-order valence-corrected chi connectivity index (χ4v) is 0.563. The van der Waals surface area contributed by atoms with E-state index >= 15 is 0 Å². The molecule has 60 valence electrons. The second kappa shape index (κ2) is 8.17. The monoisotopic (exact) mass is 376 g/mol. The van der Waals surface area contributed by atoms with Gasteiger partial charge in [-0.25, -0.2) is 0 Å². The molecule has 1 N–H and O–H groups in total. The minimum absolute atomic E-state index is 0. The summed E-state index contributed by atoms with van der Waals surface area (Å²) in [5.41, 5.74) is 0.924. The third-order valence-electron chi connectivity index (χ3n) is 1.12. The van der Waals surface area contributed by atoms with Gasteiger partial charge in [0.15, 0.2) is 0 Å². The van der Waals surface area contributed by atoms with E-state index in [1.54, 1.807) is 6.07 Å². The van der Waals surface area contributed by atoms with Gasteiger partial charge in [-0.2, -0.15) is 0 Å². The normalized spacial score (nSPS) is 7.18. The Kier molecular flexibility index (Phi) is 10.1. The van der Waals surface area contributed by atoms with Crippen LogP contribution in [0.4, 0.5) is 0 Å². The quantitative estimate of drug-likeness (QED) is 0.739. The van der Waals surface area contributed by atoms with Gasteiger partial charge in [0.25, 0.3) is 0 Å². The number of hydrogen-bond acceptors (Lipinski definition) is 1. The molecule has 0 heterocycles. The zero-order valence-electron chi connectivity index (χ0n) is 7.26. The van der Waals surface area contributed by atoms with E-state index in [1.165, 1.54) is 0 Å². The number of rotatable bonds is 0. The summed E-state index contributed by atoms with van der Waals surface area (Å²) in [5, 5.41) is 8.92. The summed E-state index contributed by atoms with van der Waals surface area (Å²) in [6.45, 7) is 5.87. The average Bonchev–Trinajstić information content (AvgIpc) is 2.00. The smallest absolute Gasteiger partial charge is 0.118 e. The molecule has 0 spiro atoms. The van der Waals surface area contributed by atoms with E-state index in [9.17, 15) is 0 Å². The van der Waals surface area contributed by atoms with Crippen molar-refractivity contribution in [1.82, 2.24) is 0 Å². The Balaban J connectivity index is 0. The van der Waals surface area contributed by atoms with Crippen molar-refractivity contribution in [3.63, 3.8) is 0 Å². The molecular formula is C9H14OU. The average molecular weight is 376 g/mol. The topological polar surface area (TPSA) is 20.2 Å². The van der Waals surface area contributed by atoms with E-state index in [4.69, 9.17) is 5.11 Å². The number of phenolic OH excluding ortho intramolecular Hbond substituents is 1. The summed E-state index contributed by atoms with van der Waals surface area (Å²) in [6.07, 6.45) is 0. The fraction of sp³-hybridized carbons (Fsp3) is 0.333. The number of hydrogen-bond donors (Lipinski definition) is 1. The molecule has 1 nitrogen and oxygen atoms in total. The Morgan fingerprint density at radius 1 is 1.09 bits per heavy atom. The molecule has 0 radical (unpaired) electrons. The van der Waals surface area contributed by atoms with Crippen molar-refractivity contribution in [3.8, 4) is 5.75 Å². The van der Waals surface area contributed by atoms with E-state index in [2.05, 4.69) is 0 Å². The molecule has 1 aromatic rings. The number of aryl methyl sites for hydroxylation is 1. The van der Waals surface area contributed by atoms with Crippen LogP contribution in [-0.2, 0) is 0 Å². The van der Waals surface area contributed by atoms with Gasteiger partial charge in [-0.15, -0.1) is 0 Å². The molecule has 0 saturated carbocycles. The van der Waals surface area contributed by atoms with E-state index in [0.717, 1.165) is 5.56 Å². The first-order chi connectivity index (χ1) is 4.80. The summed E-state index contributed by atoms with van der Waals surface area (Å²) >= 11 is 0. The van der Waals surface area contributed by atoms with Crippen LogP contribution in [0.15, 0.2) is 24.3 Å². The molecule has 0 aliphatic heterocycles. The van der Waals surface area contributed by atoms with Crippen molar-refractivity contribution in [2.24, 2.45) is 0 Å². The molecule has 0 unspecified atom stereocenters. The molecule has 2 heteroatoms. The van der Waals surface area contributed by atoms with Crippen molar-refractivity contribution in [3.05, 3.63) is 29.8 Å². The molecule has 1 rings (SSSR count). The standard InChI is InChI=1S/C7H8O.C2H6.U/c1-6-4-2-3-5-7(6)8;1-2;/h2-5,8H,1H3;1-2H3;. The molecule has 0 atom stereocenters.